The molecule has 3 nitrogen and oxygen atoms in total. The van der Waals surface area contributed by atoms with Crippen LogP contribution in [0.4, 0.5) is 0 Å². The molecule has 0 saturated heterocycles. The Morgan fingerprint density at radius 3 is 2.35 bits per heavy atom. The fourth-order valence-electron chi connectivity index (χ4n) is 1.37. The van der Waals surface area contributed by atoms with Crippen molar-refractivity contribution in [3.05, 3.63) is 35.9 Å². The number of guanidine groups is 1. The summed E-state index contributed by atoms with van der Waals surface area (Å²) in [6, 6.07) is 10.3. The van der Waals surface area contributed by atoms with Crippen LogP contribution in [0.25, 0.3) is 0 Å². The highest BCUT2D eigenvalue weighted by molar-refractivity contribution is 14.0. The second kappa shape index (κ2) is 7.53. The van der Waals surface area contributed by atoms with E-state index in [1.807, 2.05) is 18.2 Å². The van der Waals surface area contributed by atoms with Gasteiger partial charge in [0, 0.05) is 12.1 Å². The summed E-state index contributed by atoms with van der Waals surface area (Å²) in [4.78, 5) is 4.29. The number of benzene rings is 1. The molecule has 0 spiro atoms. The van der Waals surface area contributed by atoms with Crippen LogP contribution in [0.15, 0.2) is 35.3 Å². The van der Waals surface area contributed by atoms with Crippen molar-refractivity contribution in [3.63, 3.8) is 0 Å². The maximum Gasteiger partial charge on any atom is 0.188 e. The van der Waals surface area contributed by atoms with Gasteiger partial charge in [-0.3, -0.25) is 4.99 Å². The van der Waals surface area contributed by atoms with E-state index in [0.717, 1.165) is 13.0 Å². The predicted octanol–water partition coefficient (Wildman–Crippen LogP) is 2.55. The lowest BCUT2D eigenvalue weighted by Crippen LogP contribution is -2.45. The van der Waals surface area contributed by atoms with E-state index in [1.165, 1.54) is 5.56 Å². The molecular weight excluding hydrogens is 325 g/mol. The van der Waals surface area contributed by atoms with E-state index in [-0.39, 0.29) is 29.5 Å². The number of aliphatic imine (C=N–C) groups is 1. The normalized spacial score (nSPS) is 11.8. The zero-order valence-electron chi connectivity index (χ0n) is 10.7. The lowest BCUT2D eigenvalue weighted by molar-refractivity contribution is 0.508. The zero-order valence-corrected chi connectivity index (χ0v) is 13.1. The first-order valence-electron chi connectivity index (χ1n) is 5.59. The van der Waals surface area contributed by atoms with E-state index in [1.54, 1.807) is 0 Å². The van der Waals surface area contributed by atoms with Crippen LogP contribution in [-0.4, -0.2) is 18.0 Å². The standard InChI is InChI=1S/C13H21N3.HI/c1-13(2,3)16-12(14)15-10-9-11-7-5-4-6-8-11;/h4-8H,9-10H2,1-3H3,(H3,14,15,16);1H. The van der Waals surface area contributed by atoms with Gasteiger partial charge in [0.1, 0.15) is 0 Å². The van der Waals surface area contributed by atoms with Gasteiger partial charge in [-0.15, -0.1) is 24.0 Å². The van der Waals surface area contributed by atoms with Crippen LogP contribution >= 0.6 is 24.0 Å². The van der Waals surface area contributed by atoms with Gasteiger partial charge >= 0.3 is 0 Å². The Morgan fingerprint density at radius 2 is 1.82 bits per heavy atom. The molecule has 1 aromatic rings. The Kier molecular flexibility index (Phi) is 7.18. The van der Waals surface area contributed by atoms with E-state index in [2.05, 4.69) is 43.2 Å². The molecule has 0 atom stereocenters. The molecule has 0 aliphatic rings. The second-order valence-electron chi connectivity index (χ2n) is 4.88. The summed E-state index contributed by atoms with van der Waals surface area (Å²) in [5, 5.41) is 3.13. The first kappa shape index (κ1) is 16.2. The quantitative estimate of drug-likeness (QED) is 0.502. The largest absolute Gasteiger partial charge is 0.370 e. The first-order valence-corrected chi connectivity index (χ1v) is 5.59. The van der Waals surface area contributed by atoms with Crippen LogP contribution in [0.3, 0.4) is 0 Å². The molecular formula is C13H22IN3. The fourth-order valence-corrected chi connectivity index (χ4v) is 1.37. The zero-order chi connectivity index (χ0) is 12.0. The van der Waals surface area contributed by atoms with Crippen molar-refractivity contribution in [1.82, 2.24) is 5.32 Å². The van der Waals surface area contributed by atoms with Gasteiger partial charge in [0.05, 0.1) is 0 Å². The topological polar surface area (TPSA) is 50.4 Å². The van der Waals surface area contributed by atoms with Gasteiger partial charge in [-0.05, 0) is 32.8 Å². The molecule has 0 aromatic heterocycles. The highest BCUT2D eigenvalue weighted by Gasteiger charge is 2.09. The average Bonchev–Trinajstić information content (AvgIpc) is 2.16. The van der Waals surface area contributed by atoms with Crippen molar-refractivity contribution in [2.24, 2.45) is 10.7 Å². The minimum absolute atomic E-state index is 0. The van der Waals surface area contributed by atoms with Crippen LogP contribution in [-0.2, 0) is 6.42 Å². The molecule has 0 heterocycles. The van der Waals surface area contributed by atoms with Crippen molar-refractivity contribution in [2.75, 3.05) is 6.54 Å². The lowest BCUT2D eigenvalue weighted by atomic mass is 10.1. The molecule has 0 radical (unpaired) electrons. The van der Waals surface area contributed by atoms with E-state index >= 15 is 0 Å². The summed E-state index contributed by atoms with van der Waals surface area (Å²) >= 11 is 0. The molecule has 17 heavy (non-hydrogen) atoms. The number of nitrogens with two attached hydrogens (primary N) is 1. The lowest BCUT2D eigenvalue weighted by Gasteiger charge is -2.20. The fraction of sp³-hybridized carbons (Fsp3) is 0.462. The van der Waals surface area contributed by atoms with Gasteiger partial charge in [-0.2, -0.15) is 0 Å². The molecule has 0 bridgehead atoms. The van der Waals surface area contributed by atoms with Crippen molar-refractivity contribution >= 4 is 29.9 Å². The highest BCUT2D eigenvalue weighted by Crippen LogP contribution is 2.00. The van der Waals surface area contributed by atoms with Crippen LogP contribution in [0.5, 0.6) is 0 Å². The molecule has 0 saturated carbocycles. The maximum absolute atomic E-state index is 5.76. The van der Waals surface area contributed by atoms with Crippen LogP contribution < -0.4 is 11.1 Å². The predicted molar refractivity (Wildman–Crippen MR) is 84.9 cm³/mol. The molecule has 96 valence electrons. The summed E-state index contributed by atoms with van der Waals surface area (Å²) in [5.41, 5.74) is 7.02. The van der Waals surface area contributed by atoms with Gasteiger partial charge in [-0.25, -0.2) is 0 Å². The van der Waals surface area contributed by atoms with Gasteiger partial charge in [-0.1, -0.05) is 30.3 Å². The number of hydrogen-bond donors (Lipinski definition) is 2. The SMILES string of the molecule is CC(C)(C)NC(N)=NCCc1ccccc1.I. The second-order valence-corrected chi connectivity index (χ2v) is 4.88. The number of hydrogen-bond acceptors (Lipinski definition) is 1. The Hall–Kier alpha value is -0.780. The van der Waals surface area contributed by atoms with Gasteiger partial charge in [0.2, 0.25) is 0 Å². The van der Waals surface area contributed by atoms with Crippen molar-refractivity contribution < 1.29 is 0 Å². The minimum atomic E-state index is -0.0275. The average molecular weight is 347 g/mol. The third-order valence-corrected chi connectivity index (χ3v) is 2.03. The smallest absolute Gasteiger partial charge is 0.188 e. The Bertz CT molecular complexity index is 341. The van der Waals surface area contributed by atoms with Crippen LogP contribution in [0, 0.1) is 0 Å². The molecule has 0 unspecified atom stereocenters. The molecule has 3 N–H and O–H groups in total. The third-order valence-electron chi connectivity index (χ3n) is 2.03. The van der Waals surface area contributed by atoms with Crippen LogP contribution in [0.2, 0.25) is 0 Å². The van der Waals surface area contributed by atoms with E-state index in [4.69, 9.17) is 5.73 Å². The number of nitrogens with one attached hydrogen (secondary N) is 1. The molecule has 1 rings (SSSR count). The maximum atomic E-state index is 5.76. The first-order chi connectivity index (χ1) is 7.47. The van der Waals surface area contributed by atoms with E-state index in [9.17, 15) is 0 Å². The number of halogens is 1. The van der Waals surface area contributed by atoms with Gasteiger partial charge in [0.25, 0.3) is 0 Å². The molecule has 0 aliphatic heterocycles. The Labute approximate surface area is 121 Å². The summed E-state index contributed by atoms with van der Waals surface area (Å²) in [6.07, 6.45) is 0.924. The van der Waals surface area contributed by atoms with E-state index < -0.39 is 0 Å². The van der Waals surface area contributed by atoms with Gasteiger partial charge < -0.3 is 11.1 Å². The number of nitrogens with zero attached hydrogens (tertiary/aromatic N) is 1. The Balaban J connectivity index is 0.00000256. The number of rotatable bonds is 3. The molecule has 0 amide bonds. The molecule has 4 heteroatoms. The minimum Gasteiger partial charge on any atom is -0.370 e. The summed E-state index contributed by atoms with van der Waals surface area (Å²) < 4.78 is 0. The summed E-state index contributed by atoms with van der Waals surface area (Å²) in [6.45, 7) is 6.91. The van der Waals surface area contributed by atoms with Crippen LogP contribution in [0.1, 0.15) is 26.3 Å². The summed E-state index contributed by atoms with van der Waals surface area (Å²) in [7, 11) is 0. The third kappa shape index (κ3) is 8.01. The molecule has 1 aromatic carbocycles. The van der Waals surface area contributed by atoms with E-state index in [0.29, 0.717) is 5.96 Å². The molecule has 0 aliphatic carbocycles. The van der Waals surface area contributed by atoms with Crippen molar-refractivity contribution in [1.29, 1.82) is 0 Å². The van der Waals surface area contributed by atoms with Crippen molar-refractivity contribution in [3.8, 4) is 0 Å². The van der Waals surface area contributed by atoms with Gasteiger partial charge in [0.15, 0.2) is 5.96 Å². The van der Waals surface area contributed by atoms with Crippen molar-refractivity contribution in [2.45, 2.75) is 32.7 Å². The highest BCUT2D eigenvalue weighted by atomic mass is 127. The monoisotopic (exact) mass is 347 g/mol. The molecule has 0 fully saturated rings. The summed E-state index contributed by atoms with van der Waals surface area (Å²) in [5.74, 6) is 0.517. The Morgan fingerprint density at radius 1 is 1.24 bits per heavy atom.